The minimum atomic E-state index is -0.422. The van der Waals surface area contributed by atoms with Gasteiger partial charge in [-0.25, -0.2) is 4.79 Å². The fourth-order valence-corrected chi connectivity index (χ4v) is 1.91. The van der Waals surface area contributed by atoms with Crippen molar-refractivity contribution in [1.29, 1.82) is 0 Å². The molecule has 0 spiro atoms. The van der Waals surface area contributed by atoms with E-state index >= 15 is 0 Å². The van der Waals surface area contributed by atoms with Gasteiger partial charge in [0.05, 0.1) is 23.6 Å². The summed E-state index contributed by atoms with van der Waals surface area (Å²) in [6.07, 6.45) is 4.73. The summed E-state index contributed by atoms with van der Waals surface area (Å²) >= 11 is 0. The first-order valence-corrected chi connectivity index (χ1v) is 6.92. The maximum atomic E-state index is 11.9. The lowest BCUT2D eigenvalue weighted by atomic mass is 10.3. The van der Waals surface area contributed by atoms with Gasteiger partial charge in [-0.3, -0.25) is 4.68 Å². The Morgan fingerprint density at radius 3 is 2.73 bits per heavy atom. The molecule has 0 fully saturated rings. The maximum absolute atomic E-state index is 11.9. The third-order valence-electron chi connectivity index (χ3n) is 3.07. The Hall–Kier alpha value is -2.96. The van der Waals surface area contributed by atoms with Gasteiger partial charge in [0.15, 0.2) is 0 Å². The third-order valence-corrected chi connectivity index (χ3v) is 3.07. The number of para-hydroxylation sites is 1. The fourth-order valence-electron chi connectivity index (χ4n) is 1.91. The second-order valence-corrected chi connectivity index (χ2v) is 4.62. The summed E-state index contributed by atoms with van der Waals surface area (Å²) in [6.45, 7) is 2.73. The van der Waals surface area contributed by atoms with E-state index in [4.69, 9.17) is 4.74 Å². The second-order valence-electron chi connectivity index (χ2n) is 4.62. The molecule has 7 heteroatoms. The number of carbonyl (C=O) groups excluding carboxylic acids is 1. The van der Waals surface area contributed by atoms with Gasteiger partial charge in [0.25, 0.3) is 0 Å². The molecule has 0 N–H and O–H groups in total. The third kappa shape index (κ3) is 3.03. The number of nitrogens with zero attached hydrogens (tertiary/aromatic N) is 5. The van der Waals surface area contributed by atoms with E-state index in [2.05, 4.69) is 15.3 Å². The van der Waals surface area contributed by atoms with Crippen LogP contribution >= 0.6 is 0 Å². The van der Waals surface area contributed by atoms with Gasteiger partial charge in [0.2, 0.25) is 0 Å². The molecule has 7 nitrogen and oxygen atoms in total. The number of carbonyl (C=O) groups is 1. The molecule has 22 heavy (non-hydrogen) atoms. The zero-order chi connectivity index (χ0) is 15.4. The number of aryl methyl sites for hydroxylation is 1. The lowest BCUT2D eigenvalue weighted by Crippen LogP contribution is -2.05. The molecule has 112 valence electrons. The fraction of sp³-hybridized carbons (Fsp3) is 0.200. The molecule has 0 radical (unpaired) electrons. The molecule has 2 aromatic heterocycles. The number of esters is 1. The van der Waals surface area contributed by atoms with Crippen molar-refractivity contribution in [2.45, 2.75) is 20.1 Å². The van der Waals surface area contributed by atoms with Crippen molar-refractivity contribution < 1.29 is 9.53 Å². The van der Waals surface area contributed by atoms with Gasteiger partial charge in [0, 0.05) is 12.7 Å². The second kappa shape index (κ2) is 6.21. The van der Waals surface area contributed by atoms with Gasteiger partial charge in [-0.1, -0.05) is 18.2 Å². The number of benzene rings is 1. The number of hydrogen-bond donors (Lipinski definition) is 0. The standard InChI is InChI=1S/C15H15N5O2/c1-2-19-10-12(8-16-19)15(21)22-11-13-9-17-20(18-13)14-6-4-3-5-7-14/h3-10H,2,11H2,1H3. The zero-order valence-electron chi connectivity index (χ0n) is 12.1. The number of rotatable bonds is 5. The van der Waals surface area contributed by atoms with Crippen LogP contribution in [0.3, 0.4) is 0 Å². The molecule has 0 bridgehead atoms. The van der Waals surface area contributed by atoms with Gasteiger partial charge in [-0.15, -0.1) is 5.10 Å². The highest BCUT2D eigenvalue weighted by Gasteiger charge is 2.11. The molecular weight excluding hydrogens is 282 g/mol. The first-order chi connectivity index (χ1) is 10.8. The van der Waals surface area contributed by atoms with E-state index in [9.17, 15) is 4.79 Å². The Kier molecular flexibility index (Phi) is 3.95. The van der Waals surface area contributed by atoms with Gasteiger partial charge < -0.3 is 4.74 Å². The highest BCUT2D eigenvalue weighted by atomic mass is 16.5. The maximum Gasteiger partial charge on any atom is 0.341 e. The van der Waals surface area contributed by atoms with Crippen LogP contribution in [0.4, 0.5) is 0 Å². The van der Waals surface area contributed by atoms with Crippen LogP contribution in [0.5, 0.6) is 0 Å². The minimum absolute atomic E-state index is 0.0724. The Bertz CT molecular complexity index is 763. The Balaban J connectivity index is 1.62. The lowest BCUT2D eigenvalue weighted by Gasteiger charge is -2.00. The Labute approximate surface area is 127 Å². The van der Waals surface area contributed by atoms with Crippen LogP contribution in [0.2, 0.25) is 0 Å². The molecule has 3 rings (SSSR count). The van der Waals surface area contributed by atoms with E-state index in [1.54, 1.807) is 17.1 Å². The average Bonchev–Trinajstić information content (AvgIpc) is 3.22. The number of hydrogen-bond acceptors (Lipinski definition) is 5. The van der Waals surface area contributed by atoms with Crippen LogP contribution in [0.25, 0.3) is 5.69 Å². The lowest BCUT2D eigenvalue weighted by molar-refractivity contribution is 0.0467. The summed E-state index contributed by atoms with van der Waals surface area (Å²) in [4.78, 5) is 13.4. The van der Waals surface area contributed by atoms with Crippen molar-refractivity contribution in [2.75, 3.05) is 0 Å². The molecule has 1 aromatic carbocycles. The molecule has 0 atom stereocenters. The van der Waals surface area contributed by atoms with Crippen LogP contribution < -0.4 is 0 Å². The highest BCUT2D eigenvalue weighted by molar-refractivity contribution is 5.88. The van der Waals surface area contributed by atoms with Crippen LogP contribution in [0.15, 0.2) is 48.9 Å². The smallest absolute Gasteiger partial charge is 0.341 e. The molecule has 2 heterocycles. The van der Waals surface area contributed by atoms with E-state index < -0.39 is 5.97 Å². The number of aromatic nitrogens is 5. The van der Waals surface area contributed by atoms with Gasteiger partial charge in [-0.2, -0.15) is 15.0 Å². The van der Waals surface area contributed by atoms with E-state index in [-0.39, 0.29) is 6.61 Å². The summed E-state index contributed by atoms with van der Waals surface area (Å²) in [5, 5.41) is 12.5. The normalized spacial score (nSPS) is 10.6. The van der Waals surface area contributed by atoms with E-state index in [0.29, 0.717) is 17.8 Å². The summed E-state index contributed by atoms with van der Waals surface area (Å²) < 4.78 is 6.88. The first-order valence-electron chi connectivity index (χ1n) is 6.92. The summed E-state index contributed by atoms with van der Waals surface area (Å²) in [5.74, 6) is -0.422. The SMILES string of the molecule is CCn1cc(C(=O)OCc2cnn(-c3ccccc3)n2)cn1. The molecule has 0 aliphatic heterocycles. The van der Waals surface area contributed by atoms with E-state index in [1.165, 1.54) is 11.0 Å². The molecule has 0 saturated heterocycles. The monoisotopic (exact) mass is 297 g/mol. The predicted molar refractivity (Wildman–Crippen MR) is 78.4 cm³/mol. The molecule has 0 aliphatic rings. The van der Waals surface area contributed by atoms with Crippen LogP contribution in [-0.2, 0) is 17.9 Å². The quantitative estimate of drug-likeness (QED) is 0.672. The van der Waals surface area contributed by atoms with Crippen molar-refractivity contribution in [3.8, 4) is 5.69 Å². The topological polar surface area (TPSA) is 74.8 Å². The van der Waals surface area contributed by atoms with Gasteiger partial charge >= 0.3 is 5.97 Å². The molecule has 0 unspecified atom stereocenters. The largest absolute Gasteiger partial charge is 0.455 e. The Morgan fingerprint density at radius 1 is 1.18 bits per heavy atom. The van der Waals surface area contributed by atoms with Crippen molar-refractivity contribution in [1.82, 2.24) is 24.8 Å². The molecule has 3 aromatic rings. The van der Waals surface area contributed by atoms with E-state index in [0.717, 1.165) is 5.69 Å². The van der Waals surface area contributed by atoms with Crippen molar-refractivity contribution >= 4 is 5.97 Å². The molecule has 0 amide bonds. The summed E-state index contributed by atoms with van der Waals surface area (Å²) in [6, 6.07) is 9.53. The summed E-state index contributed by atoms with van der Waals surface area (Å²) in [5.41, 5.74) is 1.86. The van der Waals surface area contributed by atoms with Gasteiger partial charge in [0.1, 0.15) is 12.3 Å². The average molecular weight is 297 g/mol. The van der Waals surface area contributed by atoms with Crippen LogP contribution in [0.1, 0.15) is 23.0 Å². The molecular formula is C15H15N5O2. The van der Waals surface area contributed by atoms with Crippen molar-refractivity contribution in [2.24, 2.45) is 0 Å². The van der Waals surface area contributed by atoms with Crippen LogP contribution in [0, 0.1) is 0 Å². The first kappa shape index (κ1) is 14.0. The number of ether oxygens (including phenoxy) is 1. The van der Waals surface area contributed by atoms with Crippen molar-refractivity contribution in [3.63, 3.8) is 0 Å². The van der Waals surface area contributed by atoms with E-state index in [1.807, 2.05) is 37.3 Å². The highest BCUT2D eigenvalue weighted by Crippen LogP contribution is 2.07. The molecule has 0 saturated carbocycles. The minimum Gasteiger partial charge on any atom is -0.455 e. The zero-order valence-corrected chi connectivity index (χ0v) is 12.1. The van der Waals surface area contributed by atoms with Gasteiger partial charge in [-0.05, 0) is 19.1 Å². The van der Waals surface area contributed by atoms with Crippen molar-refractivity contribution in [3.05, 3.63) is 60.2 Å². The summed E-state index contributed by atoms with van der Waals surface area (Å²) in [7, 11) is 0. The molecule has 0 aliphatic carbocycles. The van der Waals surface area contributed by atoms with Crippen LogP contribution in [-0.4, -0.2) is 30.7 Å². The Morgan fingerprint density at radius 2 is 2.00 bits per heavy atom. The predicted octanol–water partition coefficient (Wildman–Crippen LogP) is 1.84.